The number of benzene rings is 1. The minimum Gasteiger partial charge on any atom is -0.462 e. The number of hydrogen-bond donors (Lipinski definition) is 0. The van der Waals surface area contributed by atoms with Crippen molar-refractivity contribution < 1.29 is 13.9 Å². The summed E-state index contributed by atoms with van der Waals surface area (Å²) in [6.45, 7) is 0.489. The van der Waals surface area contributed by atoms with Gasteiger partial charge >= 0.3 is 0 Å². The predicted molar refractivity (Wildman–Crippen MR) is 58.4 cm³/mol. The summed E-state index contributed by atoms with van der Waals surface area (Å²) in [5.41, 5.74) is 2.56. The van der Waals surface area contributed by atoms with E-state index < -0.39 is 0 Å². The van der Waals surface area contributed by atoms with E-state index in [0.29, 0.717) is 17.7 Å². The standard InChI is InChI=1S/C11H8FNO2S/c12-9-4-2-1-3-8(9)11-10(5-15-7-14)16-6-13-11/h1-4,6-7H,5H2. The van der Waals surface area contributed by atoms with Crippen molar-refractivity contribution in [1.82, 2.24) is 4.98 Å². The number of halogens is 1. The van der Waals surface area contributed by atoms with Crippen molar-refractivity contribution in [3.63, 3.8) is 0 Å². The predicted octanol–water partition coefficient (Wildman–Crippen LogP) is 2.62. The largest absolute Gasteiger partial charge is 0.462 e. The van der Waals surface area contributed by atoms with Crippen LogP contribution in [0.4, 0.5) is 4.39 Å². The Morgan fingerprint density at radius 3 is 3.00 bits per heavy atom. The minimum atomic E-state index is -0.333. The lowest BCUT2D eigenvalue weighted by Gasteiger charge is -2.02. The van der Waals surface area contributed by atoms with E-state index in [4.69, 9.17) is 0 Å². The van der Waals surface area contributed by atoms with Crippen LogP contribution < -0.4 is 0 Å². The number of nitrogens with zero attached hydrogens (tertiary/aromatic N) is 1. The summed E-state index contributed by atoms with van der Waals surface area (Å²) < 4.78 is 18.2. The van der Waals surface area contributed by atoms with Crippen LogP contribution in [-0.4, -0.2) is 11.5 Å². The maximum absolute atomic E-state index is 13.5. The summed E-state index contributed by atoms with van der Waals surface area (Å²) in [6.07, 6.45) is 0. The van der Waals surface area contributed by atoms with Gasteiger partial charge < -0.3 is 4.74 Å². The Hall–Kier alpha value is -1.75. The van der Waals surface area contributed by atoms with Crippen LogP contribution in [-0.2, 0) is 16.1 Å². The molecule has 0 bridgehead atoms. The zero-order chi connectivity index (χ0) is 11.4. The van der Waals surface area contributed by atoms with Crippen molar-refractivity contribution in [2.45, 2.75) is 6.61 Å². The van der Waals surface area contributed by atoms with Crippen molar-refractivity contribution in [3.8, 4) is 11.3 Å². The smallest absolute Gasteiger partial charge is 0.293 e. The lowest BCUT2D eigenvalue weighted by atomic mass is 10.1. The molecule has 0 atom stereocenters. The third kappa shape index (κ3) is 2.09. The molecule has 0 spiro atoms. The summed E-state index contributed by atoms with van der Waals surface area (Å²) in [5, 5.41) is 0. The van der Waals surface area contributed by atoms with Crippen molar-refractivity contribution >= 4 is 17.8 Å². The van der Waals surface area contributed by atoms with E-state index in [9.17, 15) is 9.18 Å². The Bertz CT molecular complexity index is 498. The lowest BCUT2D eigenvalue weighted by Crippen LogP contribution is -1.92. The van der Waals surface area contributed by atoms with Gasteiger partial charge in [-0.3, -0.25) is 4.79 Å². The highest BCUT2D eigenvalue weighted by atomic mass is 32.1. The maximum atomic E-state index is 13.5. The molecule has 0 unspecified atom stereocenters. The molecule has 1 heterocycles. The van der Waals surface area contributed by atoms with E-state index >= 15 is 0 Å². The highest BCUT2D eigenvalue weighted by molar-refractivity contribution is 7.10. The third-order valence-electron chi connectivity index (χ3n) is 2.05. The molecule has 16 heavy (non-hydrogen) atoms. The van der Waals surface area contributed by atoms with Crippen molar-refractivity contribution in [3.05, 3.63) is 40.5 Å². The zero-order valence-electron chi connectivity index (χ0n) is 8.22. The second-order valence-electron chi connectivity index (χ2n) is 3.01. The normalized spacial score (nSPS) is 10.1. The number of thiazole rings is 1. The molecule has 3 nitrogen and oxygen atoms in total. The Morgan fingerprint density at radius 2 is 2.25 bits per heavy atom. The monoisotopic (exact) mass is 237 g/mol. The van der Waals surface area contributed by atoms with Crippen molar-refractivity contribution in [2.75, 3.05) is 0 Å². The molecule has 0 saturated heterocycles. The van der Waals surface area contributed by atoms with Gasteiger partial charge in [-0.1, -0.05) is 12.1 Å². The van der Waals surface area contributed by atoms with Crippen LogP contribution in [0.15, 0.2) is 29.8 Å². The molecule has 0 aliphatic carbocycles. The molecule has 0 radical (unpaired) electrons. The molecule has 1 aromatic heterocycles. The summed E-state index contributed by atoms with van der Waals surface area (Å²) >= 11 is 1.33. The molecule has 0 aliphatic rings. The molecule has 2 aromatic rings. The highest BCUT2D eigenvalue weighted by Gasteiger charge is 2.12. The maximum Gasteiger partial charge on any atom is 0.293 e. The molecule has 0 amide bonds. The fourth-order valence-corrected chi connectivity index (χ4v) is 2.05. The van der Waals surface area contributed by atoms with Gasteiger partial charge in [0.05, 0.1) is 16.1 Å². The minimum absolute atomic E-state index is 0.123. The Morgan fingerprint density at radius 1 is 1.44 bits per heavy atom. The number of carbonyl (C=O) groups is 1. The summed E-state index contributed by atoms with van der Waals surface area (Å²) in [6, 6.07) is 6.38. The van der Waals surface area contributed by atoms with Crippen LogP contribution in [0, 0.1) is 5.82 Å². The second-order valence-corrected chi connectivity index (χ2v) is 3.95. The SMILES string of the molecule is O=COCc1scnc1-c1ccccc1F. The topological polar surface area (TPSA) is 39.2 Å². The number of rotatable bonds is 4. The number of aromatic nitrogens is 1. The molecular weight excluding hydrogens is 229 g/mol. The van der Waals surface area contributed by atoms with Gasteiger partial charge in [0.1, 0.15) is 12.4 Å². The third-order valence-corrected chi connectivity index (χ3v) is 2.86. The Balaban J connectivity index is 2.37. The van der Waals surface area contributed by atoms with E-state index in [1.165, 1.54) is 17.4 Å². The van der Waals surface area contributed by atoms with Gasteiger partial charge in [0.15, 0.2) is 0 Å². The molecule has 5 heteroatoms. The average molecular weight is 237 g/mol. The second kappa shape index (κ2) is 4.85. The quantitative estimate of drug-likeness (QED) is 0.767. The first-order chi connectivity index (χ1) is 7.83. The van der Waals surface area contributed by atoms with E-state index in [1.54, 1.807) is 23.7 Å². The Labute approximate surface area is 95.5 Å². The fraction of sp³-hybridized carbons (Fsp3) is 0.0909. The molecule has 2 rings (SSSR count). The van der Waals surface area contributed by atoms with Crippen LogP contribution in [0.3, 0.4) is 0 Å². The van der Waals surface area contributed by atoms with Crippen LogP contribution >= 0.6 is 11.3 Å². The van der Waals surface area contributed by atoms with Gasteiger partial charge in [-0.2, -0.15) is 0 Å². The van der Waals surface area contributed by atoms with Gasteiger partial charge in [-0.15, -0.1) is 11.3 Å². The van der Waals surface area contributed by atoms with Gasteiger partial charge in [0.2, 0.25) is 0 Å². The number of carbonyl (C=O) groups excluding carboxylic acids is 1. The molecular formula is C11H8FNO2S. The van der Waals surface area contributed by atoms with Crippen LogP contribution in [0.2, 0.25) is 0 Å². The summed E-state index contributed by atoms with van der Waals surface area (Å²) in [7, 11) is 0. The van der Waals surface area contributed by atoms with E-state index in [2.05, 4.69) is 9.72 Å². The summed E-state index contributed by atoms with van der Waals surface area (Å²) in [5.74, 6) is -0.333. The van der Waals surface area contributed by atoms with Crippen molar-refractivity contribution in [2.24, 2.45) is 0 Å². The molecule has 0 aliphatic heterocycles. The van der Waals surface area contributed by atoms with E-state index in [0.717, 1.165) is 4.88 Å². The first kappa shape index (κ1) is 10.8. The van der Waals surface area contributed by atoms with Gasteiger partial charge in [-0.25, -0.2) is 9.37 Å². The number of hydrogen-bond acceptors (Lipinski definition) is 4. The highest BCUT2D eigenvalue weighted by Crippen LogP contribution is 2.27. The molecule has 0 fully saturated rings. The number of ether oxygens (including phenoxy) is 1. The first-order valence-electron chi connectivity index (χ1n) is 4.55. The average Bonchev–Trinajstić information content (AvgIpc) is 2.75. The van der Waals surface area contributed by atoms with Crippen LogP contribution in [0.5, 0.6) is 0 Å². The van der Waals surface area contributed by atoms with E-state index in [1.807, 2.05) is 0 Å². The van der Waals surface area contributed by atoms with Gasteiger partial charge in [-0.05, 0) is 12.1 Å². The molecule has 0 saturated carbocycles. The Kier molecular flexibility index (Phi) is 3.26. The van der Waals surface area contributed by atoms with Crippen LogP contribution in [0.25, 0.3) is 11.3 Å². The molecule has 82 valence electrons. The van der Waals surface area contributed by atoms with Crippen molar-refractivity contribution in [1.29, 1.82) is 0 Å². The van der Waals surface area contributed by atoms with Gasteiger partial charge in [0.25, 0.3) is 6.47 Å². The molecule has 0 N–H and O–H groups in total. The fourth-order valence-electron chi connectivity index (χ4n) is 1.36. The summed E-state index contributed by atoms with van der Waals surface area (Å²) in [4.78, 5) is 14.9. The van der Waals surface area contributed by atoms with E-state index in [-0.39, 0.29) is 12.4 Å². The van der Waals surface area contributed by atoms with Crippen LogP contribution in [0.1, 0.15) is 4.88 Å². The first-order valence-corrected chi connectivity index (χ1v) is 5.43. The van der Waals surface area contributed by atoms with Gasteiger partial charge in [0, 0.05) is 5.56 Å². The molecule has 1 aromatic carbocycles. The lowest BCUT2D eigenvalue weighted by molar-refractivity contribution is -0.129. The zero-order valence-corrected chi connectivity index (χ0v) is 9.04.